The van der Waals surface area contributed by atoms with Crippen LogP contribution in [0.2, 0.25) is 5.02 Å². The topological polar surface area (TPSA) is 34.1 Å². The van der Waals surface area contributed by atoms with Crippen molar-refractivity contribution in [2.75, 3.05) is 6.26 Å². The SMILES string of the molecule is CCCc1scc(-c2ccccc2S(C)(=O)=O)c1-c1ccc(Cl)cc1. The van der Waals surface area contributed by atoms with Crippen molar-refractivity contribution in [2.45, 2.75) is 24.7 Å². The van der Waals surface area contributed by atoms with Crippen LogP contribution in [0.4, 0.5) is 0 Å². The second-order valence-corrected chi connectivity index (χ2v) is 9.36. The zero-order valence-electron chi connectivity index (χ0n) is 14.1. The molecule has 3 rings (SSSR count). The highest BCUT2D eigenvalue weighted by atomic mass is 35.5. The van der Waals surface area contributed by atoms with E-state index in [1.807, 2.05) is 36.4 Å². The number of aryl methyl sites for hydroxylation is 1. The second kappa shape index (κ2) is 7.32. The van der Waals surface area contributed by atoms with Crippen LogP contribution >= 0.6 is 22.9 Å². The molecule has 1 heterocycles. The van der Waals surface area contributed by atoms with E-state index in [0.717, 1.165) is 35.1 Å². The number of benzene rings is 2. The lowest BCUT2D eigenvalue weighted by Crippen LogP contribution is -2.00. The average molecular weight is 391 g/mol. The molecule has 0 spiro atoms. The summed E-state index contributed by atoms with van der Waals surface area (Å²) < 4.78 is 24.5. The van der Waals surface area contributed by atoms with Gasteiger partial charge in [0, 0.05) is 32.8 Å². The Morgan fingerprint density at radius 3 is 2.32 bits per heavy atom. The molecule has 5 heteroatoms. The number of hydrogen-bond acceptors (Lipinski definition) is 3. The molecule has 0 aliphatic heterocycles. The van der Waals surface area contributed by atoms with Crippen molar-refractivity contribution in [3.8, 4) is 22.3 Å². The van der Waals surface area contributed by atoms with Gasteiger partial charge in [-0.1, -0.05) is 55.3 Å². The predicted octanol–water partition coefficient (Wildman–Crippen LogP) is 6.09. The van der Waals surface area contributed by atoms with Gasteiger partial charge in [0.25, 0.3) is 0 Å². The Hall–Kier alpha value is -1.62. The number of hydrogen-bond donors (Lipinski definition) is 0. The predicted molar refractivity (Wildman–Crippen MR) is 107 cm³/mol. The molecule has 0 amide bonds. The molecule has 0 aliphatic carbocycles. The van der Waals surface area contributed by atoms with Crippen LogP contribution in [-0.2, 0) is 16.3 Å². The van der Waals surface area contributed by atoms with Gasteiger partial charge >= 0.3 is 0 Å². The number of thiophene rings is 1. The minimum atomic E-state index is -3.31. The van der Waals surface area contributed by atoms with Gasteiger partial charge in [0.15, 0.2) is 9.84 Å². The maximum atomic E-state index is 12.2. The summed E-state index contributed by atoms with van der Waals surface area (Å²) in [6.45, 7) is 2.15. The van der Waals surface area contributed by atoms with Gasteiger partial charge in [0.1, 0.15) is 0 Å². The van der Waals surface area contributed by atoms with Crippen molar-refractivity contribution < 1.29 is 8.42 Å². The molecule has 0 atom stereocenters. The lowest BCUT2D eigenvalue weighted by Gasteiger charge is -2.11. The van der Waals surface area contributed by atoms with Gasteiger partial charge in [-0.25, -0.2) is 8.42 Å². The first-order chi connectivity index (χ1) is 11.9. The van der Waals surface area contributed by atoms with E-state index in [2.05, 4.69) is 12.3 Å². The van der Waals surface area contributed by atoms with Gasteiger partial charge < -0.3 is 0 Å². The lowest BCUT2D eigenvalue weighted by molar-refractivity contribution is 0.602. The molecule has 0 N–H and O–H groups in total. The van der Waals surface area contributed by atoms with Gasteiger partial charge in [-0.15, -0.1) is 11.3 Å². The van der Waals surface area contributed by atoms with Crippen molar-refractivity contribution in [1.29, 1.82) is 0 Å². The molecule has 2 aromatic carbocycles. The Labute approximate surface area is 158 Å². The van der Waals surface area contributed by atoms with Gasteiger partial charge in [0.2, 0.25) is 0 Å². The maximum absolute atomic E-state index is 12.2. The number of halogens is 1. The van der Waals surface area contributed by atoms with Crippen molar-refractivity contribution in [1.82, 2.24) is 0 Å². The van der Waals surface area contributed by atoms with Gasteiger partial charge in [-0.2, -0.15) is 0 Å². The van der Waals surface area contributed by atoms with Crippen LogP contribution in [0.25, 0.3) is 22.3 Å². The molecular weight excluding hydrogens is 372 g/mol. The zero-order valence-corrected chi connectivity index (χ0v) is 16.5. The van der Waals surface area contributed by atoms with Gasteiger partial charge in [0.05, 0.1) is 4.90 Å². The number of rotatable bonds is 5. The van der Waals surface area contributed by atoms with Crippen molar-refractivity contribution in [3.63, 3.8) is 0 Å². The lowest BCUT2D eigenvalue weighted by atomic mass is 9.95. The van der Waals surface area contributed by atoms with E-state index in [0.29, 0.717) is 9.92 Å². The minimum absolute atomic E-state index is 0.367. The molecule has 130 valence electrons. The summed E-state index contributed by atoms with van der Waals surface area (Å²) in [5.41, 5.74) is 3.90. The van der Waals surface area contributed by atoms with E-state index in [-0.39, 0.29) is 0 Å². The molecule has 25 heavy (non-hydrogen) atoms. The Kier molecular flexibility index (Phi) is 5.32. The third-order valence-electron chi connectivity index (χ3n) is 4.05. The highest BCUT2D eigenvalue weighted by Gasteiger charge is 2.20. The van der Waals surface area contributed by atoms with E-state index < -0.39 is 9.84 Å². The fourth-order valence-corrected chi connectivity index (χ4v) is 5.15. The molecule has 0 radical (unpaired) electrons. The molecular formula is C20H19ClO2S2. The van der Waals surface area contributed by atoms with Gasteiger partial charge in [-0.05, 0) is 35.6 Å². The maximum Gasteiger partial charge on any atom is 0.176 e. The van der Waals surface area contributed by atoms with Gasteiger partial charge in [-0.3, -0.25) is 0 Å². The Morgan fingerprint density at radius 1 is 1.00 bits per heavy atom. The largest absolute Gasteiger partial charge is 0.224 e. The van der Waals surface area contributed by atoms with Crippen molar-refractivity contribution in [2.24, 2.45) is 0 Å². The minimum Gasteiger partial charge on any atom is -0.224 e. The first-order valence-corrected chi connectivity index (χ1v) is 11.2. The highest BCUT2D eigenvalue weighted by molar-refractivity contribution is 7.90. The van der Waals surface area contributed by atoms with E-state index in [1.165, 1.54) is 11.1 Å². The summed E-state index contributed by atoms with van der Waals surface area (Å²) >= 11 is 7.73. The van der Waals surface area contributed by atoms with Crippen LogP contribution in [0.15, 0.2) is 58.8 Å². The van der Waals surface area contributed by atoms with Crippen molar-refractivity contribution in [3.05, 3.63) is 63.8 Å². The second-order valence-electron chi connectivity index (χ2n) is 5.97. The Morgan fingerprint density at radius 2 is 1.68 bits per heavy atom. The Balaban J connectivity index is 2.27. The van der Waals surface area contributed by atoms with Crippen LogP contribution in [-0.4, -0.2) is 14.7 Å². The first-order valence-electron chi connectivity index (χ1n) is 8.07. The zero-order chi connectivity index (χ0) is 18.0. The summed E-state index contributed by atoms with van der Waals surface area (Å²) in [5.74, 6) is 0. The van der Waals surface area contributed by atoms with E-state index in [9.17, 15) is 8.42 Å². The van der Waals surface area contributed by atoms with E-state index in [4.69, 9.17) is 11.6 Å². The summed E-state index contributed by atoms with van der Waals surface area (Å²) in [6.07, 6.45) is 3.26. The summed E-state index contributed by atoms with van der Waals surface area (Å²) in [7, 11) is -3.31. The van der Waals surface area contributed by atoms with E-state index >= 15 is 0 Å². The molecule has 3 aromatic rings. The van der Waals surface area contributed by atoms with Crippen LogP contribution < -0.4 is 0 Å². The molecule has 0 saturated heterocycles. The van der Waals surface area contributed by atoms with Crippen molar-refractivity contribution >= 4 is 32.8 Å². The average Bonchev–Trinajstić information content (AvgIpc) is 2.99. The smallest absolute Gasteiger partial charge is 0.176 e. The standard InChI is InChI=1S/C20H19ClO2S2/c1-3-6-18-20(14-9-11-15(21)12-10-14)17(13-24-18)16-7-4-5-8-19(16)25(2,22)23/h4-5,7-13H,3,6H2,1-2H3. The number of sulfone groups is 1. The summed E-state index contributed by atoms with van der Waals surface area (Å²) in [4.78, 5) is 1.63. The molecule has 0 unspecified atom stereocenters. The molecule has 0 saturated carbocycles. The van der Waals surface area contributed by atoms with Crippen LogP contribution in [0.5, 0.6) is 0 Å². The first kappa shape index (κ1) is 18.2. The fraction of sp³-hybridized carbons (Fsp3) is 0.200. The van der Waals surface area contributed by atoms with E-state index in [1.54, 1.807) is 23.5 Å². The molecule has 2 nitrogen and oxygen atoms in total. The van der Waals surface area contributed by atoms with Crippen LogP contribution in [0, 0.1) is 0 Å². The highest BCUT2D eigenvalue weighted by Crippen LogP contribution is 2.42. The summed E-state index contributed by atoms with van der Waals surface area (Å²) in [5, 5.41) is 2.76. The normalized spacial score (nSPS) is 11.6. The summed E-state index contributed by atoms with van der Waals surface area (Å²) in [6, 6.07) is 14.9. The van der Waals surface area contributed by atoms with Crippen LogP contribution in [0.3, 0.4) is 0 Å². The van der Waals surface area contributed by atoms with Crippen LogP contribution in [0.1, 0.15) is 18.2 Å². The Bertz CT molecular complexity index is 987. The molecule has 0 fully saturated rings. The quantitative estimate of drug-likeness (QED) is 0.528. The monoisotopic (exact) mass is 390 g/mol. The third kappa shape index (κ3) is 3.81. The molecule has 0 bridgehead atoms. The molecule has 1 aromatic heterocycles. The molecule has 0 aliphatic rings. The fourth-order valence-electron chi connectivity index (χ4n) is 2.95. The third-order valence-corrected chi connectivity index (χ3v) is 6.51.